The van der Waals surface area contributed by atoms with Crippen molar-refractivity contribution in [1.29, 1.82) is 0 Å². The molecule has 0 saturated carbocycles. The van der Waals surface area contributed by atoms with Crippen LogP contribution in [0.1, 0.15) is 40.5 Å². The fourth-order valence-corrected chi connectivity index (χ4v) is 2.18. The minimum absolute atomic E-state index is 0.509. The fraction of sp³-hybridized carbons (Fsp3) is 0.692. The topological polar surface area (TPSA) is 29.0 Å². The molecule has 0 radical (unpaired) electrons. The first kappa shape index (κ1) is 14.2. The summed E-state index contributed by atoms with van der Waals surface area (Å²) in [5.74, 6) is 1.54. The Hall–Kier alpha value is -0.830. The van der Waals surface area contributed by atoms with Crippen LogP contribution >= 0.6 is 11.6 Å². The zero-order valence-electron chi connectivity index (χ0n) is 11.2. The lowest BCUT2D eigenvalue weighted by molar-refractivity contribution is 0.503. The van der Waals surface area contributed by atoms with Gasteiger partial charge in [-0.05, 0) is 18.8 Å². The molecule has 0 aliphatic heterocycles. The second-order valence-corrected chi connectivity index (χ2v) is 5.10. The Labute approximate surface area is 109 Å². The van der Waals surface area contributed by atoms with Gasteiger partial charge in [0.05, 0.1) is 0 Å². The van der Waals surface area contributed by atoms with Crippen molar-refractivity contribution >= 4 is 17.4 Å². The van der Waals surface area contributed by atoms with Crippen LogP contribution in [0, 0.1) is 5.92 Å². The average molecular weight is 256 g/mol. The van der Waals surface area contributed by atoms with E-state index in [1.807, 2.05) is 6.07 Å². The quantitative estimate of drug-likeness (QED) is 0.725. The molecule has 0 amide bonds. The van der Waals surface area contributed by atoms with Gasteiger partial charge in [0.2, 0.25) is 0 Å². The van der Waals surface area contributed by atoms with E-state index < -0.39 is 0 Å². The summed E-state index contributed by atoms with van der Waals surface area (Å²) in [5, 5.41) is 0.509. The third kappa shape index (κ3) is 4.15. The van der Waals surface area contributed by atoms with E-state index in [1.54, 1.807) is 0 Å². The van der Waals surface area contributed by atoms with Gasteiger partial charge < -0.3 is 4.90 Å². The van der Waals surface area contributed by atoms with Crippen molar-refractivity contribution in [3.8, 4) is 0 Å². The van der Waals surface area contributed by atoms with Crippen LogP contribution in [0.5, 0.6) is 0 Å². The Morgan fingerprint density at radius 2 is 1.88 bits per heavy atom. The van der Waals surface area contributed by atoms with E-state index in [2.05, 4.69) is 42.6 Å². The molecule has 3 nitrogen and oxygen atoms in total. The molecule has 0 N–H and O–H groups in total. The van der Waals surface area contributed by atoms with Gasteiger partial charge in [-0.3, -0.25) is 0 Å². The predicted molar refractivity (Wildman–Crippen MR) is 73.6 cm³/mol. The number of rotatable bonds is 6. The molecule has 17 heavy (non-hydrogen) atoms. The standard InChI is InChI=1S/C13H22ClN3/c1-5-11(6-2)17(8-10(3)4)13-7-12(14)15-9-16-13/h7,9-11H,5-6,8H2,1-4H3. The van der Waals surface area contributed by atoms with Crippen LogP contribution in [0.15, 0.2) is 12.4 Å². The van der Waals surface area contributed by atoms with Gasteiger partial charge in [-0.15, -0.1) is 0 Å². The molecule has 0 atom stereocenters. The number of halogens is 1. The minimum atomic E-state index is 0.509. The molecule has 1 rings (SSSR count). The monoisotopic (exact) mass is 255 g/mol. The van der Waals surface area contributed by atoms with Crippen molar-refractivity contribution < 1.29 is 0 Å². The lowest BCUT2D eigenvalue weighted by atomic mass is 10.1. The highest BCUT2D eigenvalue weighted by Gasteiger charge is 2.18. The minimum Gasteiger partial charge on any atom is -0.353 e. The summed E-state index contributed by atoms with van der Waals surface area (Å²) in [4.78, 5) is 10.6. The van der Waals surface area contributed by atoms with Crippen molar-refractivity contribution in [3.05, 3.63) is 17.5 Å². The molecule has 1 aromatic heterocycles. The summed E-state index contributed by atoms with van der Waals surface area (Å²) >= 11 is 5.94. The number of hydrogen-bond donors (Lipinski definition) is 0. The maximum atomic E-state index is 5.94. The third-order valence-electron chi connectivity index (χ3n) is 2.86. The maximum Gasteiger partial charge on any atom is 0.134 e. The SMILES string of the molecule is CCC(CC)N(CC(C)C)c1cc(Cl)ncn1. The first-order chi connectivity index (χ1) is 8.08. The first-order valence-electron chi connectivity index (χ1n) is 6.32. The molecular weight excluding hydrogens is 234 g/mol. The van der Waals surface area contributed by atoms with E-state index >= 15 is 0 Å². The summed E-state index contributed by atoms with van der Waals surface area (Å²) in [6, 6.07) is 2.37. The van der Waals surface area contributed by atoms with Gasteiger partial charge in [0.1, 0.15) is 17.3 Å². The van der Waals surface area contributed by atoms with E-state index in [-0.39, 0.29) is 0 Å². The summed E-state index contributed by atoms with van der Waals surface area (Å²) in [6.07, 6.45) is 3.77. The second kappa shape index (κ2) is 6.80. The van der Waals surface area contributed by atoms with E-state index in [1.165, 1.54) is 6.33 Å². The summed E-state index contributed by atoms with van der Waals surface area (Å²) in [7, 11) is 0. The molecule has 0 aliphatic carbocycles. The highest BCUT2D eigenvalue weighted by molar-refractivity contribution is 6.29. The molecule has 0 unspecified atom stereocenters. The van der Waals surface area contributed by atoms with E-state index in [4.69, 9.17) is 11.6 Å². The Bertz CT molecular complexity index is 337. The second-order valence-electron chi connectivity index (χ2n) is 4.72. The predicted octanol–water partition coefficient (Wildman–Crippen LogP) is 3.78. The van der Waals surface area contributed by atoms with Crippen molar-refractivity contribution in [2.45, 2.75) is 46.6 Å². The highest BCUT2D eigenvalue weighted by atomic mass is 35.5. The normalized spacial score (nSPS) is 11.2. The molecule has 0 spiro atoms. The van der Waals surface area contributed by atoms with E-state index in [9.17, 15) is 0 Å². The van der Waals surface area contributed by atoms with Crippen LogP contribution in [-0.2, 0) is 0 Å². The zero-order chi connectivity index (χ0) is 12.8. The smallest absolute Gasteiger partial charge is 0.134 e. The maximum absolute atomic E-state index is 5.94. The van der Waals surface area contributed by atoms with Gasteiger partial charge in [0, 0.05) is 18.7 Å². The van der Waals surface area contributed by atoms with Crippen molar-refractivity contribution in [2.24, 2.45) is 5.92 Å². The van der Waals surface area contributed by atoms with Gasteiger partial charge >= 0.3 is 0 Å². The Kier molecular flexibility index (Phi) is 5.69. The average Bonchev–Trinajstić information content (AvgIpc) is 2.29. The molecule has 0 aromatic carbocycles. The first-order valence-corrected chi connectivity index (χ1v) is 6.70. The lowest BCUT2D eigenvalue weighted by Gasteiger charge is -2.33. The summed E-state index contributed by atoms with van der Waals surface area (Å²) in [5.41, 5.74) is 0. The number of hydrogen-bond acceptors (Lipinski definition) is 3. The number of aromatic nitrogens is 2. The lowest BCUT2D eigenvalue weighted by Crippen LogP contribution is -2.38. The van der Waals surface area contributed by atoms with Crippen LogP contribution in [0.2, 0.25) is 5.15 Å². The van der Waals surface area contributed by atoms with Crippen LogP contribution in [0.25, 0.3) is 0 Å². The molecule has 1 aromatic rings. The molecule has 0 saturated heterocycles. The van der Waals surface area contributed by atoms with Crippen LogP contribution in [0.4, 0.5) is 5.82 Å². The van der Waals surface area contributed by atoms with Gasteiger partial charge in [-0.25, -0.2) is 9.97 Å². The van der Waals surface area contributed by atoms with Gasteiger partial charge in [-0.2, -0.15) is 0 Å². The summed E-state index contributed by atoms with van der Waals surface area (Å²) < 4.78 is 0. The highest BCUT2D eigenvalue weighted by Crippen LogP contribution is 2.21. The van der Waals surface area contributed by atoms with Gasteiger partial charge in [0.25, 0.3) is 0 Å². The van der Waals surface area contributed by atoms with Gasteiger partial charge in [-0.1, -0.05) is 39.3 Å². The fourth-order valence-electron chi connectivity index (χ4n) is 2.03. The van der Waals surface area contributed by atoms with E-state index in [0.717, 1.165) is 25.2 Å². The Balaban J connectivity index is 2.96. The number of anilines is 1. The Morgan fingerprint density at radius 3 is 2.35 bits per heavy atom. The van der Waals surface area contributed by atoms with Crippen LogP contribution in [-0.4, -0.2) is 22.6 Å². The molecule has 1 heterocycles. The molecular formula is C13H22ClN3. The van der Waals surface area contributed by atoms with Gasteiger partial charge in [0.15, 0.2) is 0 Å². The molecule has 0 fully saturated rings. The largest absolute Gasteiger partial charge is 0.353 e. The molecule has 96 valence electrons. The van der Waals surface area contributed by atoms with Crippen molar-refractivity contribution in [2.75, 3.05) is 11.4 Å². The third-order valence-corrected chi connectivity index (χ3v) is 3.07. The van der Waals surface area contributed by atoms with Crippen LogP contribution < -0.4 is 4.90 Å². The Morgan fingerprint density at radius 1 is 1.24 bits per heavy atom. The van der Waals surface area contributed by atoms with Crippen LogP contribution in [0.3, 0.4) is 0 Å². The molecule has 4 heteroatoms. The molecule has 0 bridgehead atoms. The summed E-state index contributed by atoms with van der Waals surface area (Å²) in [6.45, 7) is 9.87. The number of nitrogens with zero attached hydrogens (tertiary/aromatic N) is 3. The van der Waals surface area contributed by atoms with E-state index in [0.29, 0.717) is 17.1 Å². The zero-order valence-corrected chi connectivity index (χ0v) is 11.9. The van der Waals surface area contributed by atoms with Crippen molar-refractivity contribution in [1.82, 2.24) is 9.97 Å². The molecule has 0 aliphatic rings. The van der Waals surface area contributed by atoms with Crippen molar-refractivity contribution in [3.63, 3.8) is 0 Å².